The largest absolute Gasteiger partial charge is 0.301 e. The van der Waals surface area contributed by atoms with Crippen LogP contribution in [-0.4, -0.2) is 5.91 Å². The molecule has 2 nitrogen and oxygen atoms in total. The summed E-state index contributed by atoms with van der Waals surface area (Å²) in [5.41, 5.74) is 6.03. The number of benzene rings is 2. The zero-order chi connectivity index (χ0) is 17.3. The lowest BCUT2D eigenvalue weighted by Crippen LogP contribution is -2.51. The van der Waals surface area contributed by atoms with Crippen LogP contribution in [0.25, 0.3) is 0 Å². The monoisotopic (exact) mass is 319 g/mol. The van der Waals surface area contributed by atoms with E-state index in [1.807, 2.05) is 4.90 Å². The molecule has 1 aliphatic heterocycles. The van der Waals surface area contributed by atoms with Crippen molar-refractivity contribution in [3.05, 3.63) is 64.7 Å². The van der Waals surface area contributed by atoms with Crippen LogP contribution in [0.5, 0.6) is 0 Å². The quantitative estimate of drug-likeness (QED) is 0.731. The molecule has 1 aliphatic carbocycles. The zero-order valence-corrected chi connectivity index (χ0v) is 15.2. The molecule has 0 aromatic heterocycles. The maximum absolute atomic E-state index is 12.7. The molecule has 4 rings (SSSR count). The van der Waals surface area contributed by atoms with E-state index < -0.39 is 0 Å². The van der Waals surface area contributed by atoms with Gasteiger partial charge in [0, 0.05) is 18.0 Å². The van der Waals surface area contributed by atoms with Gasteiger partial charge in [-0.3, -0.25) is 4.79 Å². The normalized spacial score (nSPS) is 27.2. The highest BCUT2D eigenvalue weighted by Gasteiger charge is 2.62. The predicted molar refractivity (Wildman–Crippen MR) is 98.5 cm³/mol. The summed E-state index contributed by atoms with van der Waals surface area (Å²) in [4.78, 5) is 14.7. The summed E-state index contributed by atoms with van der Waals surface area (Å²) in [7, 11) is 0. The molecule has 2 aliphatic rings. The van der Waals surface area contributed by atoms with Crippen molar-refractivity contribution >= 4 is 11.6 Å². The van der Waals surface area contributed by atoms with Crippen LogP contribution in [0.1, 0.15) is 62.8 Å². The first-order valence-electron chi connectivity index (χ1n) is 8.84. The highest BCUT2D eigenvalue weighted by Crippen LogP contribution is 2.62. The minimum absolute atomic E-state index is 0.0808. The average Bonchev–Trinajstić information content (AvgIpc) is 2.87. The van der Waals surface area contributed by atoms with E-state index in [-0.39, 0.29) is 16.9 Å². The van der Waals surface area contributed by atoms with Crippen molar-refractivity contribution in [1.29, 1.82) is 0 Å². The molecule has 0 spiro atoms. The summed E-state index contributed by atoms with van der Waals surface area (Å²) in [5.74, 6) is 0.608. The zero-order valence-electron chi connectivity index (χ0n) is 15.2. The molecule has 24 heavy (non-hydrogen) atoms. The summed E-state index contributed by atoms with van der Waals surface area (Å²) in [6.07, 6.45) is 0.984. The molecule has 124 valence electrons. The van der Waals surface area contributed by atoms with Gasteiger partial charge in [-0.2, -0.15) is 0 Å². The third-order valence-electron chi connectivity index (χ3n) is 6.44. The van der Waals surface area contributed by atoms with Crippen LogP contribution < -0.4 is 4.90 Å². The lowest BCUT2D eigenvalue weighted by atomic mass is 9.70. The van der Waals surface area contributed by atoms with Crippen molar-refractivity contribution in [3.8, 4) is 0 Å². The fourth-order valence-electron chi connectivity index (χ4n) is 5.00. The van der Waals surface area contributed by atoms with Gasteiger partial charge in [0.25, 0.3) is 0 Å². The van der Waals surface area contributed by atoms with Crippen molar-refractivity contribution in [1.82, 2.24) is 0 Å². The van der Waals surface area contributed by atoms with Crippen LogP contribution in [0.15, 0.2) is 42.5 Å². The van der Waals surface area contributed by atoms with Gasteiger partial charge in [-0.15, -0.1) is 0 Å². The van der Waals surface area contributed by atoms with Crippen molar-refractivity contribution in [2.75, 3.05) is 4.90 Å². The van der Waals surface area contributed by atoms with Crippen LogP contribution in [0.4, 0.5) is 5.69 Å². The summed E-state index contributed by atoms with van der Waals surface area (Å²) in [6, 6.07) is 15.3. The molecule has 2 aromatic rings. The van der Waals surface area contributed by atoms with Gasteiger partial charge in [0.15, 0.2) is 0 Å². The molecule has 0 fully saturated rings. The van der Waals surface area contributed by atoms with Crippen molar-refractivity contribution in [3.63, 3.8) is 0 Å². The summed E-state index contributed by atoms with van der Waals surface area (Å²) in [5, 5.41) is 0. The highest BCUT2D eigenvalue weighted by atomic mass is 16.2. The Morgan fingerprint density at radius 3 is 2.46 bits per heavy atom. The van der Waals surface area contributed by atoms with Gasteiger partial charge in [0.05, 0.1) is 5.54 Å². The molecule has 0 bridgehead atoms. The summed E-state index contributed by atoms with van der Waals surface area (Å²) in [6.45, 7) is 10.7. The van der Waals surface area contributed by atoms with E-state index in [1.165, 1.54) is 22.3 Å². The Kier molecular flexibility index (Phi) is 3.04. The van der Waals surface area contributed by atoms with Crippen LogP contribution in [0, 0.1) is 0 Å². The molecule has 0 radical (unpaired) electrons. The second kappa shape index (κ2) is 4.72. The lowest BCUT2D eigenvalue weighted by molar-refractivity contribution is -0.118. The number of rotatable bonds is 1. The third-order valence-corrected chi connectivity index (χ3v) is 6.44. The van der Waals surface area contributed by atoms with E-state index in [0.29, 0.717) is 5.92 Å². The van der Waals surface area contributed by atoms with Crippen LogP contribution in [0.3, 0.4) is 0 Å². The molecule has 0 saturated carbocycles. The Hall–Kier alpha value is -2.09. The first kappa shape index (κ1) is 15.4. The number of anilines is 1. The Morgan fingerprint density at radius 2 is 1.79 bits per heavy atom. The third kappa shape index (κ3) is 1.64. The molecule has 0 unspecified atom stereocenters. The summed E-state index contributed by atoms with van der Waals surface area (Å²) >= 11 is 0. The Bertz CT molecular complexity index is 853. The van der Waals surface area contributed by atoms with Gasteiger partial charge in [-0.05, 0) is 47.6 Å². The van der Waals surface area contributed by atoms with Gasteiger partial charge >= 0.3 is 0 Å². The van der Waals surface area contributed by atoms with Crippen molar-refractivity contribution in [2.24, 2.45) is 0 Å². The van der Waals surface area contributed by atoms with Gasteiger partial charge in [0.2, 0.25) is 5.91 Å². The molecular weight excluding hydrogens is 294 g/mol. The van der Waals surface area contributed by atoms with E-state index in [1.54, 1.807) is 6.92 Å². The molecule has 2 aromatic carbocycles. The fourth-order valence-corrected chi connectivity index (χ4v) is 5.00. The maximum Gasteiger partial charge on any atom is 0.224 e. The van der Waals surface area contributed by atoms with Gasteiger partial charge in [-0.1, -0.05) is 57.2 Å². The Labute approximate surface area is 144 Å². The number of carbonyl (C=O) groups is 1. The topological polar surface area (TPSA) is 20.3 Å². The number of hydrogen-bond acceptors (Lipinski definition) is 1. The molecule has 0 N–H and O–H groups in total. The molecule has 2 heteroatoms. The second-order valence-corrected chi connectivity index (χ2v) is 8.02. The molecule has 0 saturated heterocycles. The number of fused-ring (bicyclic) bond motifs is 5. The standard InChI is InChI=1S/C22H25NO/c1-14(2)16-10-11-20-19(12-16)21(4)13-17-8-6-7-9-18(17)22(21,5)23(20)15(3)24/h6-12,14H,13H2,1-5H3/t21-,22-/m1/s1. The van der Waals surface area contributed by atoms with Gasteiger partial charge < -0.3 is 4.90 Å². The van der Waals surface area contributed by atoms with Gasteiger partial charge in [0.1, 0.15) is 0 Å². The van der Waals surface area contributed by atoms with Crippen molar-refractivity contribution < 1.29 is 4.79 Å². The first-order chi connectivity index (χ1) is 11.3. The highest BCUT2D eigenvalue weighted by molar-refractivity contribution is 5.98. The Morgan fingerprint density at radius 1 is 1.08 bits per heavy atom. The summed E-state index contributed by atoms with van der Waals surface area (Å²) < 4.78 is 0. The molecular formula is C22H25NO. The predicted octanol–water partition coefficient (Wildman–Crippen LogP) is 4.91. The van der Waals surface area contributed by atoms with E-state index in [2.05, 4.69) is 70.2 Å². The van der Waals surface area contributed by atoms with E-state index in [4.69, 9.17) is 0 Å². The molecule has 2 atom stereocenters. The molecule has 1 amide bonds. The maximum atomic E-state index is 12.7. The van der Waals surface area contributed by atoms with E-state index in [9.17, 15) is 4.79 Å². The fraction of sp³-hybridized carbons (Fsp3) is 0.409. The smallest absolute Gasteiger partial charge is 0.224 e. The van der Waals surface area contributed by atoms with Crippen LogP contribution in [-0.2, 0) is 22.2 Å². The average molecular weight is 319 g/mol. The van der Waals surface area contributed by atoms with Gasteiger partial charge in [-0.25, -0.2) is 0 Å². The second-order valence-electron chi connectivity index (χ2n) is 8.02. The Balaban J connectivity index is 2.03. The minimum Gasteiger partial charge on any atom is -0.301 e. The van der Waals surface area contributed by atoms with Crippen LogP contribution in [0.2, 0.25) is 0 Å². The number of amides is 1. The molecule has 1 heterocycles. The SMILES string of the molecule is CC(=O)N1c2ccc(C(C)C)cc2[C@@]2(C)Cc3ccccc3[C@@]12C. The number of hydrogen-bond donors (Lipinski definition) is 0. The van der Waals surface area contributed by atoms with Crippen molar-refractivity contribution in [2.45, 2.75) is 57.9 Å². The first-order valence-corrected chi connectivity index (χ1v) is 8.84. The lowest BCUT2D eigenvalue weighted by Gasteiger charge is -2.41. The van der Waals surface area contributed by atoms with Crippen LogP contribution >= 0.6 is 0 Å². The number of nitrogens with zero attached hydrogens (tertiary/aromatic N) is 1. The van der Waals surface area contributed by atoms with E-state index >= 15 is 0 Å². The minimum atomic E-state index is -0.312. The van der Waals surface area contributed by atoms with E-state index in [0.717, 1.165) is 12.1 Å². The number of carbonyl (C=O) groups excluding carboxylic acids is 1.